The number of hydrogen-bond donors (Lipinski definition) is 3. The van der Waals surface area contributed by atoms with Crippen LogP contribution in [0.15, 0.2) is 35.5 Å². The van der Waals surface area contributed by atoms with E-state index in [4.69, 9.17) is 0 Å². The fraction of sp³-hybridized carbons (Fsp3) is 0.786. The average Bonchev–Trinajstić information content (AvgIpc) is 3.04. The third kappa shape index (κ3) is 5.37. The van der Waals surface area contributed by atoms with Gasteiger partial charge in [0.2, 0.25) is 0 Å². The number of fused-ring (bicyclic) bond motifs is 1. The Balaban J connectivity index is 1.71. The van der Waals surface area contributed by atoms with Gasteiger partial charge in [-0.2, -0.15) is 0 Å². The van der Waals surface area contributed by atoms with Crippen molar-refractivity contribution < 1.29 is 15.3 Å². The van der Waals surface area contributed by atoms with Crippen LogP contribution in [0.2, 0.25) is 0 Å². The van der Waals surface area contributed by atoms with E-state index < -0.39 is 17.8 Å². The summed E-state index contributed by atoms with van der Waals surface area (Å²) in [5.41, 5.74) is 3.15. The van der Waals surface area contributed by atoms with Crippen LogP contribution in [0.5, 0.6) is 0 Å². The van der Waals surface area contributed by atoms with Crippen LogP contribution in [0, 0.1) is 29.1 Å². The first-order valence-electron chi connectivity index (χ1n) is 12.6. The third-order valence-electron chi connectivity index (χ3n) is 8.97. The number of rotatable bonds is 6. The predicted octanol–water partition coefficient (Wildman–Crippen LogP) is 5.95. The molecule has 0 aromatic carbocycles. The Hall–Kier alpha value is -0.900. The van der Waals surface area contributed by atoms with Gasteiger partial charge in [-0.3, -0.25) is 0 Å². The van der Waals surface area contributed by atoms with Gasteiger partial charge in [0.15, 0.2) is 0 Å². The van der Waals surface area contributed by atoms with Gasteiger partial charge in [-0.15, -0.1) is 0 Å². The van der Waals surface area contributed by atoms with E-state index in [9.17, 15) is 15.3 Å². The van der Waals surface area contributed by atoms with Crippen LogP contribution in [0.25, 0.3) is 0 Å². The Bertz CT molecular complexity index is 712. The Kier molecular flexibility index (Phi) is 7.61. The van der Waals surface area contributed by atoms with Crippen LogP contribution in [0.3, 0.4) is 0 Å². The Morgan fingerprint density at radius 2 is 1.94 bits per heavy atom. The van der Waals surface area contributed by atoms with Crippen LogP contribution in [0.4, 0.5) is 0 Å². The quantitative estimate of drug-likeness (QED) is 0.488. The van der Waals surface area contributed by atoms with E-state index in [-0.39, 0.29) is 5.92 Å². The Labute approximate surface area is 190 Å². The first kappa shape index (κ1) is 24.7. The van der Waals surface area contributed by atoms with Crippen molar-refractivity contribution >= 4 is 0 Å². The molecule has 0 aliphatic heterocycles. The largest absolute Gasteiger partial charge is 0.392 e. The lowest BCUT2D eigenvalue weighted by Gasteiger charge is -2.44. The molecule has 3 aliphatic carbocycles. The number of aliphatic hydroxyl groups excluding tert-OH is 2. The molecule has 0 bridgehead atoms. The lowest BCUT2D eigenvalue weighted by Crippen LogP contribution is -2.36. The van der Waals surface area contributed by atoms with Gasteiger partial charge >= 0.3 is 0 Å². The molecule has 0 aromatic rings. The van der Waals surface area contributed by atoms with Crippen molar-refractivity contribution in [3.05, 3.63) is 35.5 Å². The molecule has 7 atom stereocenters. The fourth-order valence-corrected chi connectivity index (χ4v) is 6.91. The van der Waals surface area contributed by atoms with Gasteiger partial charge in [-0.25, -0.2) is 0 Å². The Morgan fingerprint density at radius 3 is 2.61 bits per heavy atom. The summed E-state index contributed by atoms with van der Waals surface area (Å²) in [7, 11) is 0. The second-order valence-corrected chi connectivity index (χ2v) is 11.8. The molecule has 0 heterocycles. The molecule has 0 unspecified atom stereocenters. The summed E-state index contributed by atoms with van der Waals surface area (Å²) in [4.78, 5) is 0. The van der Waals surface area contributed by atoms with Crippen molar-refractivity contribution in [2.24, 2.45) is 29.1 Å². The van der Waals surface area contributed by atoms with Crippen LogP contribution >= 0.6 is 0 Å². The molecule has 31 heavy (non-hydrogen) atoms. The normalized spacial score (nSPS) is 40.4. The minimum Gasteiger partial charge on any atom is -0.392 e. The summed E-state index contributed by atoms with van der Waals surface area (Å²) in [5.74, 6) is 1.94. The molecule has 3 N–H and O–H groups in total. The second-order valence-electron chi connectivity index (χ2n) is 11.8. The van der Waals surface area contributed by atoms with E-state index in [2.05, 4.69) is 32.6 Å². The highest BCUT2D eigenvalue weighted by atomic mass is 16.3. The highest BCUT2D eigenvalue weighted by Crippen LogP contribution is 2.60. The zero-order valence-electron chi connectivity index (χ0n) is 20.5. The molecule has 3 aliphatic rings. The highest BCUT2D eigenvalue weighted by molar-refractivity contribution is 5.39. The molecule has 3 nitrogen and oxygen atoms in total. The first-order chi connectivity index (χ1) is 14.4. The van der Waals surface area contributed by atoms with Crippen LogP contribution in [-0.2, 0) is 0 Å². The maximum absolute atomic E-state index is 10.4. The van der Waals surface area contributed by atoms with Gasteiger partial charge in [0.25, 0.3) is 0 Å². The molecule has 0 radical (unpaired) electrons. The summed E-state index contributed by atoms with van der Waals surface area (Å²) < 4.78 is 0. The summed E-state index contributed by atoms with van der Waals surface area (Å²) >= 11 is 0. The molecule has 0 aromatic heterocycles. The Morgan fingerprint density at radius 1 is 1.23 bits per heavy atom. The van der Waals surface area contributed by atoms with Gasteiger partial charge in [0, 0.05) is 5.92 Å². The van der Waals surface area contributed by atoms with Gasteiger partial charge in [0.05, 0.1) is 17.8 Å². The lowest BCUT2D eigenvalue weighted by atomic mass is 9.60. The lowest BCUT2D eigenvalue weighted by molar-refractivity contribution is 0.0283. The van der Waals surface area contributed by atoms with Crippen LogP contribution in [-0.4, -0.2) is 33.1 Å². The second kappa shape index (κ2) is 9.53. The molecule has 0 amide bonds. The van der Waals surface area contributed by atoms with Gasteiger partial charge in [-0.1, -0.05) is 57.9 Å². The molecule has 176 valence electrons. The van der Waals surface area contributed by atoms with Crippen molar-refractivity contribution in [1.29, 1.82) is 0 Å². The molecule has 0 saturated heterocycles. The average molecular weight is 431 g/mol. The summed E-state index contributed by atoms with van der Waals surface area (Å²) in [6.07, 6.45) is 13.4. The molecule has 3 saturated carbocycles. The van der Waals surface area contributed by atoms with E-state index in [0.29, 0.717) is 23.7 Å². The van der Waals surface area contributed by atoms with E-state index in [0.717, 1.165) is 36.3 Å². The van der Waals surface area contributed by atoms with E-state index >= 15 is 0 Å². The van der Waals surface area contributed by atoms with Crippen LogP contribution < -0.4 is 0 Å². The fourth-order valence-electron chi connectivity index (χ4n) is 6.91. The van der Waals surface area contributed by atoms with Crippen molar-refractivity contribution in [2.75, 3.05) is 0 Å². The van der Waals surface area contributed by atoms with Gasteiger partial charge in [0.1, 0.15) is 0 Å². The molecule has 0 spiro atoms. The predicted molar refractivity (Wildman–Crippen MR) is 129 cm³/mol. The van der Waals surface area contributed by atoms with Crippen molar-refractivity contribution in [3.63, 3.8) is 0 Å². The zero-order chi connectivity index (χ0) is 23.0. The van der Waals surface area contributed by atoms with Gasteiger partial charge < -0.3 is 15.3 Å². The maximum atomic E-state index is 10.4. The topological polar surface area (TPSA) is 60.7 Å². The minimum absolute atomic E-state index is 0.149. The standard InChI is InChI=1S/C28H46O3/c1-18(9-7-15-27(4,5)31)23-13-14-24-21(10-8-16-28(23,24)6)11-12-22-17-25(29)20(3)26(30)19(22)2/h11-12,18,20,23-26,29-31H,2,7-10,13-17H2,1,3-6H3/b21-11+,22-12+/t18-,20+,23+,24-,25+,26-,28+/m0/s1. The number of aliphatic hydroxyl groups is 3. The third-order valence-corrected chi connectivity index (χ3v) is 8.97. The van der Waals surface area contributed by atoms with Crippen molar-refractivity contribution in [1.82, 2.24) is 0 Å². The first-order valence-corrected chi connectivity index (χ1v) is 12.6. The smallest absolute Gasteiger partial charge is 0.0837 e. The SMILES string of the molecule is C=C1/C(=C/C=C2\CCC[C@]3(C)[C@@H]([C@@H](C)CCCC(C)(C)O)CC[C@@H]23)C[C@@H](O)[C@@H](C)[C@H]1O. The minimum atomic E-state index is -0.648. The maximum Gasteiger partial charge on any atom is 0.0837 e. The van der Waals surface area contributed by atoms with Crippen molar-refractivity contribution in [2.45, 2.75) is 110 Å². The van der Waals surface area contributed by atoms with E-state index in [1.54, 1.807) is 5.57 Å². The van der Waals surface area contributed by atoms with E-state index in [1.807, 2.05) is 20.8 Å². The molecule has 3 heteroatoms. The highest BCUT2D eigenvalue weighted by Gasteiger charge is 2.50. The van der Waals surface area contributed by atoms with Gasteiger partial charge in [-0.05, 0) is 93.1 Å². The molecular weight excluding hydrogens is 384 g/mol. The molecular formula is C28H46O3. The number of allylic oxidation sites excluding steroid dienone is 3. The summed E-state index contributed by atoms with van der Waals surface area (Å²) in [6, 6.07) is 0. The summed E-state index contributed by atoms with van der Waals surface area (Å²) in [6.45, 7) is 14.8. The molecule has 3 rings (SSSR count). The molecule has 3 fully saturated rings. The number of hydrogen-bond acceptors (Lipinski definition) is 3. The van der Waals surface area contributed by atoms with Crippen LogP contribution in [0.1, 0.15) is 92.4 Å². The van der Waals surface area contributed by atoms with Crippen molar-refractivity contribution in [3.8, 4) is 0 Å². The zero-order valence-corrected chi connectivity index (χ0v) is 20.5. The van der Waals surface area contributed by atoms with E-state index in [1.165, 1.54) is 32.1 Å². The monoisotopic (exact) mass is 430 g/mol. The summed E-state index contributed by atoms with van der Waals surface area (Å²) in [5, 5.41) is 30.7.